The van der Waals surface area contributed by atoms with Gasteiger partial charge in [-0.2, -0.15) is 11.8 Å². The van der Waals surface area contributed by atoms with Crippen LogP contribution in [0.1, 0.15) is 12.0 Å². The summed E-state index contributed by atoms with van der Waals surface area (Å²) in [6.45, 7) is 7.34. The van der Waals surface area contributed by atoms with E-state index in [1.807, 2.05) is 47.9 Å². The van der Waals surface area contributed by atoms with Gasteiger partial charge in [-0.3, -0.25) is 4.90 Å². The zero-order chi connectivity index (χ0) is 16.8. The lowest BCUT2D eigenvalue weighted by atomic mass is 10.2. The van der Waals surface area contributed by atoms with Gasteiger partial charge in [0.05, 0.1) is 19.3 Å². The van der Waals surface area contributed by atoms with Gasteiger partial charge >= 0.3 is 6.03 Å². The maximum absolute atomic E-state index is 12.9. The number of morpholine rings is 1. The molecule has 132 valence electrons. The van der Waals surface area contributed by atoms with Crippen LogP contribution in [-0.4, -0.2) is 72.8 Å². The summed E-state index contributed by atoms with van der Waals surface area (Å²) in [5.41, 5.74) is 2.00. The minimum Gasteiger partial charge on any atom is -0.379 e. The van der Waals surface area contributed by atoms with Crippen molar-refractivity contribution in [2.75, 3.05) is 56.2 Å². The van der Waals surface area contributed by atoms with Crippen molar-refractivity contribution in [2.24, 2.45) is 0 Å². The second-order valence-corrected chi connectivity index (χ2v) is 7.58. The van der Waals surface area contributed by atoms with E-state index in [0.717, 1.165) is 68.6 Å². The second kappa shape index (κ2) is 8.74. The average Bonchev–Trinajstić information content (AvgIpc) is 2.83. The quantitative estimate of drug-likeness (QED) is 0.911. The van der Waals surface area contributed by atoms with E-state index < -0.39 is 0 Å². The van der Waals surface area contributed by atoms with Gasteiger partial charge in [0.2, 0.25) is 0 Å². The van der Waals surface area contributed by atoms with Crippen LogP contribution in [0.25, 0.3) is 0 Å². The number of nitrogens with zero attached hydrogens (tertiary/aromatic N) is 2. The molecule has 1 N–H and O–H groups in total. The van der Waals surface area contributed by atoms with Crippen LogP contribution in [0, 0.1) is 6.92 Å². The molecule has 0 spiro atoms. The van der Waals surface area contributed by atoms with Crippen LogP contribution < -0.4 is 5.32 Å². The Balaban J connectivity index is 1.66. The number of rotatable bonds is 3. The normalized spacial score (nSPS) is 22.9. The first-order chi connectivity index (χ1) is 11.7. The van der Waals surface area contributed by atoms with E-state index in [0.29, 0.717) is 0 Å². The minimum absolute atomic E-state index is 0.0325. The molecule has 2 saturated heterocycles. The number of benzene rings is 1. The summed E-state index contributed by atoms with van der Waals surface area (Å²) < 4.78 is 5.44. The minimum atomic E-state index is 0.0325. The number of hydrogen-bond acceptors (Lipinski definition) is 4. The number of aryl methyl sites for hydroxylation is 1. The number of carbonyl (C=O) groups is 1. The largest absolute Gasteiger partial charge is 0.379 e. The molecule has 0 aromatic heterocycles. The summed E-state index contributed by atoms with van der Waals surface area (Å²) in [4.78, 5) is 17.4. The van der Waals surface area contributed by atoms with Gasteiger partial charge in [0, 0.05) is 37.6 Å². The Bertz CT molecular complexity index is 549. The SMILES string of the molecule is Cc1ccccc1NC(=O)N1CCCSCC1CN1CCOCC1. The van der Waals surface area contributed by atoms with Crippen molar-refractivity contribution in [1.29, 1.82) is 0 Å². The second-order valence-electron chi connectivity index (χ2n) is 6.43. The van der Waals surface area contributed by atoms with Crippen molar-refractivity contribution in [3.05, 3.63) is 29.8 Å². The molecule has 1 aromatic carbocycles. The van der Waals surface area contributed by atoms with E-state index in [2.05, 4.69) is 10.2 Å². The molecule has 0 radical (unpaired) electrons. The van der Waals surface area contributed by atoms with E-state index in [-0.39, 0.29) is 12.1 Å². The van der Waals surface area contributed by atoms with Crippen LogP contribution in [0.15, 0.2) is 24.3 Å². The highest BCUT2D eigenvalue weighted by Crippen LogP contribution is 2.20. The summed E-state index contributed by atoms with van der Waals surface area (Å²) in [6.07, 6.45) is 1.06. The molecule has 2 fully saturated rings. The number of amides is 2. The van der Waals surface area contributed by atoms with Gasteiger partial charge in [-0.15, -0.1) is 0 Å². The predicted molar refractivity (Wildman–Crippen MR) is 99.9 cm³/mol. The number of anilines is 1. The highest BCUT2D eigenvalue weighted by atomic mass is 32.2. The zero-order valence-corrected chi connectivity index (χ0v) is 15.2. The van der Waals surface area contributed by atoms with Crippen LogP contribution in [0.3, 0.4) is 0 Å². The fourth-order valence-corrected chi connectivity index (χ4v) is 4.29. The number of urea groups is 1. The maximum Gasteiger partial charge on any atom is 0.322 e. The Morgan fingerprint density at radius 2 is 2.08 bits per heavy atom. The first-order valence-corrected chi connectivity index (χ1v) is 9.90. The predicted octanol–water partition coefficient (Wildman–Crippen LogP) is 2.67. The zero-order valence-electron chi connectivity index (χ0n) is 14.4. The Kier molecular flexibility index (Phi) is 6.40. The van der Waals surface area contributed by atoms with Crippen molar-refractivity contribution in [3.8, 4) is 0 Å². The lowest BCUT2D eigenvalue weighted by Gasteiger charge is -2.35. The van der Waals surface area contributed by atoms with Crippen LogP contribution in [0.2, 0.25) is 0 Å². The van der Waals surface area contributed by atoms with E-state index in [9.17, 15) is 4.79 Å². The smallest absolute Gasteiger partial charge is 0.322 e. The molecule has 2 aliphatic rings. The van der Waals surface area contributed by atoms with Gasteiger partial charge < -0.3 is 15.0 Å². The monoisotopic (exact) mass is 349 g/mol. The first-order valence-electron chi connectivity index (χ1n) is 8.75. The van der Waals surface area contributed by atoms with Gasteiger partial charge in [0.15, 0.2) is 0 Å². The third-order valence-corrected chi connectivity index (χ3v) is 5.86. The van der Waals surface area contributed by atoms with Crippen molar-refractivity contribution in [2.45, 2.75) is 19.4 Å². The molecular weight excluding hydrogens is 322 g/mol. The van der Waals surface area contributed by atoms with Crippen LogP contribution in [0.4, 0.5) is 10.5 Å². The Morgan fingerprint density at radius 3 is 2.88 bits per heavy atom. The standard InChI is InChI=1S/C18H27N3O2S/c1-15-5-2-3-6-17(15)19-18(22)21-7-4-12-24-14-16(21)13-20-8-10-23-11-9-20/h2-3,5-6,16H,4,7-14H2,1H3,(H,19,22). The molecule has 0 aliphatic carbocycles. The van der Waals surface area contributed by atoms with Crippen molar-refractivity contribution in [1.82, 2.24) is 9.80 Å². The molecular formula is C18H27N3O2S. The third-order valence-electron chi connectivity index (χ3n) is 4.66. The van der Waals surface area contributed by atoms with Crippen molar-refractivity contribution < 1.29 is 9.53 Å². The van der Waals surface area contributed by atoms with Gasteiger partial charge in [0.25, 0.3) is 0 Å². The number of ether oxygens (including phenoxy) is 1. The molecule has 2 heterocycles. The van der Waals surface area contributed by atoms with Crippen LogP contribution >= 0.6 is 11.8 Å². The highest BCUT2D eigenvalue weighted by Gasteiger charge is 2.28. The topological polar surface area (TPSA) is 44.8 Å². The van der Waals surface area contributed by atoms with Gasteiger partial charge in [0.1, 0.15) is 0 Å². The molecule has 0 bridgehead atoms. The molecule has 6 heteroatoms. The molecule has 1 atom stereocenters. The number of thioether (sulfide) groups is 1. The lowest BCUT2D eigenvalue weighted by Crippen LogP contribution is -2.51. The summed E-state index contributed by atoms with van der Waals surface area (Å²) in [7, 11) is 0. The van der Waals surface area contributed by atoms with Crippen LogP contribution in [-0.2, 0) is 4.74 Å². The molecule has 0 saturated carbocycles. The third kappa shape index (κ3) is 4.65. The van der Waals surface area contributed by atoms with E-state index in [1.54, 1.807) is 0 Å². The molecule has 3 rings (SSSR count). The van der Waals surface area contributed by atoms with Gasteiger partial charge in [-0.25, -0.2) is 4.79 Å². The molecule has 1 unspecified atom stereocenters. The lowest BCUT2D eigenvalue weighted by molar-refractivity contribution is 0.0288. The fourth-order valence-electron chi connectivity index (χ4n) is 3.23. The summed E-state index contributed by atoms with van der Waals surface area (Å²) in [6, 6.07) is 8.25. The Morgan fingerprint density at radius 1 is 1.29 bits per heavy atom. The van der Waals surface area contributed by atoms with Gasteiger partial charge in [-0.1, -0.05) is 18.2 Å². The maximum atomic E-state index is 12.9. The van der Waals surface area contributed by atoms with Gasteiger partial charge in [-0.05, 0) is 30.7 Å². The Hall–Kier alpha value is -1.24. The molecule has 2 aliphatic heterocycles. The number of nitrogens with one attached hydrogen (secondary N) is 1. The van der Waals surface area contributed by atoms with E-state index in [4.69, 9.17) is 4.74 Å². The fraction of sp³-hybridized carbons (Fsp3) is 0.611. The van der Waals surface area contributed by atoms with Crippen molar-refractivity contribution >= 4 is 23.5 Å². The molecule has 24 heavy (non-hydrogen) atoms. The summed E-state index contributed by atoms with van der Waals surface area (Å²) in [5.74, 6) is 2.15. The number of hydrogen-bond donors (Lipinski definition) is 1. The molecule has 5 nitrogen and oxygen atoms in total. The van der Waals surface area contributed by atoms with E-state index >= 15 is 0 Å². The first kappa shape index (κ1) is 17.6. The Labute approximate surface area is 148 Å². The average molecular weight is 350 g/mol. The molecule has 2 amide bonds. The van der Waals surface area contributed by atoms with E-state index in [1.165, 1.54) is 0 Å². The van der Waals surface area contributed by atoms with Crippen molar-refractivity contribution in [3.63, 3.8) is 0 Å². The molecule has 1 aromatic rings. The number of para-hydroxylation sites is 1. The highest BCUT2D eigenvalue weighted by molar-refractivity contribution is 7.99. The van der Waals surface area contributed by atoms with Crippen LogP contribution in [0.5, 0.6) is 0 Å². The summed E-state index contributed by atoms with van der Waals surface area (Å²) in [5, 5.41) is 3.11. The number of carbonyl (C=O) groups excluding carboxylic acids is 1. The summed E-state index contributed by atoms with van der Waals surface area (Å²) >= 11 is 1.96.